The van der Waals surface area contributed by atoms with Gasteiger partial charge in [-0.15, -0.1) is 0 Å². The van der Waals surface area contributed by atoms with Gasteiger partial charge in [-0.25, -0.2) is 0 Å². The first-order valence-electron chi connectivity index (χ1n) is 6.98. The maximum atomic E-state index is 6.35. The monoisotopic (exact) mass is 267 g/mol. The third kappa shape index (κ3) is 1.88. The number of likely N-dealkylation sites (N-methyl/N-ethyl adjacent to an activating group) is 1. The fraction of sp³-hybridized carbons (Fsp3) is 0.786. The zero-order chi connectivity index (χ0) is 12.9. The van der Waals surface area contributed by atoms with Crippen molar-refractivity contribution in [3.63, 3.8) is 0 Å². The molecule has 0 amide bonds. The van der Waals surface area contributed by atoms with Crippen LogP contribution >= 0.6 is 11.6 Å². The third-order valence-electron chi connectivity index (χ3n) is 4.98. The van der Waals surface area contributed by atoms with E-state index in [1.54, 1.807) is 0 Å². The average molecular weight is 268 g/mol. The molecular formula is C14H22ClN3. The van der Waals surface area contributed by atoms with E-state index in [1.807, 2.05) is 18.7 Å². The minimum absolute atomic E-state index is 0.563. The van der Waals surface area contributed by atoms with Crippen LogP contribution in [0, 0.1) is 24.7 Å². The zero-order valence-corrected chi connectivity index (χ0v) is 12.2. The van der Waals surface area contributed by atoms with Crippen molar-refractivity contribution < 1.29 is 0 Å². The van der Waals surface area contributed by atoms with E-state index in [1.165, 1.54) is 25.0 Å². The zero-order valence-electron chi connectivity index (χ0n) is 11.4. The van der Waals surface area contributed by atoms with Crippen LogP contribution in [0.1, 0.15) is 30.7 Å². The first-order valence-corrected chi connectivity index (χ1v) is 7.36. The van der Waals surface area contributed by atoms with Crippen LogP contribution in [0.2, 0.25) is 5.02 Å². The summed E-state index contributed by atoms with van der Waals surface area (Å²) < 4.78 is 1.94. The molecule has 3 atom stereocenters. The van der Waals surface area contributed by atoms with Gasteiger partial charge < -0.3 is 5.32 Å². The molecule has 1 N–H and O–H groups in total. The minimum atomic E-state index is 0.563. The maximum Gasteiger partial charge on any atom is 0.0847 e. The van der Waals surface area contributed by atoms with Crippen LogP contribution in [-0.2, 0) is 13.5 Å². The van der Waals surface area contributed by atoms with Gasteiger partial charge in [0.05, 0.1) is 16.4 Å². The van der Waals surface area contributed by atoms with Gasteiger partial charge in [0, 0.05) is 19.5 Å². The lowest BCUT2D eigenvalue weighted by atomic mass is 9.99. The molecular weight excluding hydrogens is 246 g/mol. The van der Waals surface area contributed by atoms with Crippen molar-refractivity contribution in [3.05, 3.63) is 16.4 Å². The number of rotatable bonds is 4. The molecule has 0 radical (unpaired) electrons. The van der Waals surface area contributed by atoms with Crippen LogP contribution in [0.25, 0.3) is 0 Å². The molecule has 0 bridgehead atoms. The molecule has 1 aromatic rings. The Kier molecular flexibility index (Phi) is 3.15. The molecule has 1 aromatic heterocycles. The molecule has 0 spiro atoms. The summed E-state index contributed by atoms with van der Waals surface area (Å²) in [5.41, 5.74) is 2.12. The van der Waals surface area contributed by atoms with Gasteiger partial charge in [-0.2, -0.15) is 5.10 Å². The smallest absolute Gasteiger partial charge is 0.0847 e. The van der Waals surface area contributed by atoms with Gasteiger partial charge in [0.25, 0.3) is 0 Å². The lowest BCUT2D eigenvalue weighted by molar-refractivity contribution is 0.420. The molecule has 100 valence electrons. The summed E-state index contributed by atoms with van der Waals surface area (Å²) in [6.45, 7) is 1.98. The summed E-state index contributed by atoms with van der Waals surface area (Å²) in [6, 6.07) is 0.563. The SMILES string of the molecule is CNC(Cc1c(Cl)c(C)nn1C)C1C2CCCC21. The van der Waals surface area contributed by atoms with E-state index in [4.69, 9.17) is 11.6 Å². The van der Waals surface area contributed by atoms with E-state index in [0.717, 1.165) is 34.9 Å². The van der Waals surface area contributed by atoms with Crippen LogP contribution in [0.5, 0.6) is 0 Å². The normalized spacial score (nSPS) is 31.4. The molecule has 2 aliphatic rings. The average Bonchev–Trinajstić information content (AvgIpc) is 2.72. The number of aryl methyl sites for hydroxylation is 2. The number of halogens is 1. The predicted octanol–water partition coefficient (Wildman–Crippen LogP) is 2.56. The number of hydrogen-bond donors (Lipinski definition) is 1. The van der Waals surface area contributed by atoms with E-state index in [9.17, 15) is 0 Å². The summed E-state index contributed by atoms with van der Waals surface area (Å²) in [7, 11) is 4.07. The molecule has 0 saturated heterocycles. The van der Waals surface area contributed by atoms with E-state index in [2.05, 4.69) is 17.5 Å². The van der Waals surface area contributed by atoms with Crippen LogP contribution in [-0.4, -0.2) is 22.9 Å². The lowest BCUT2D eigenvalue weighted by Gasteiger charge is -2.18. The van der Waals surface area contributed by atoms with Crippen molar-refractivity contribution in [2.24, 2.45) is 24.8 Å². The second-order valence-electron chi connectivity index (χ2n) is 5.90. The third-order valence-corrected chi connectivity index (χ3v) is 5.47. The minimum Gasteiger partial charge on any atom is -0.316 e. The summed E-state index contributed by atoms with van der Waals surface area (Å²) in [5, 5.41) is 8.76. The second-order valence-corrected chi connectivity index (χ2v) is 6.28. The fourth-order valence-electron chi connectivity index (χ4n) is 4.01. The highest BCUT2D eigenvalue weighted by molar-refractivity contribution is 6.31. The number of nitrogens with one attached hydrogen (secondary N) is 1. The number of nitrogens with zero attached hydrogens (tertiary/aromatic N) is 2. The molecule has 3 nitrogen and oxygen atoms in total. The Hall–Kier alpha value is -0.540. The largest absolute Gasteiger partial charge is 0.316 e. The van der Waals surface area contributed by atoms with Crippen LogP contribution in [0.3, 0.4) is 0 Å². The van der Waals surface area contributed by atoms with Crippen molar-refractivity contribution in [1.82, 2.24) is 15.1 Å². The first-order chi connectivity index (χ1) is 8.63. The predicted molar refractivity (Wildman–Crippen MR) is 73.8 cm³/mol. The van der Waals surface area contributed by atoms with Crippen molar-refractivity contribution in [1.29, 1.82) is 0 Å². The molecule has 1 heterocycles. The molecule has 4 heteroatoms. The Labute approximate surface area is 114 Å². The molecule has 0 aromatic carbocycles. The Morgan fingerprint density at radius 1 is 1.44 bits per heavy atom. The highest BCUT2D eigenvalue weighted by Crippen LogP contribution is 2.59. The van der Waals surface area contributed by atoms with E-state index in [0.29, 0.717) is 6.04 Å². The van der Waals surface area contributed by atoms with Crippen molar-refractivity contribution in [3.8, 4) is 0 Å². The van der Waals surface area contributed by atoms with Gasteiger partial charge in [-0.05, 0) is 44.6 Å². The fourth-order valence-corrected chi connectivity index (χ4v) is 4.25. The number of fused-ring (bicyclic) bond motifs is 1. The van der Waals surface area contributed by atoms with E-state index in [-0.39, 0.29) is 0 Å². The molecule has 2 saturated carbocycles. The van der Waals surface area contributed by atoms with Crippen LogP contribution in [0.15, 0.2) is 0 Å². The highest BCUT2D eigenvalue weighted by atomic mass is 35.5. The molecule has 2 aliphatic carbocycles. The Balaban J connectivity index is 1.74. The summed E-state index contributed by atoms with van der Waals surface area (Å²) >= 11 is 6.35. The Morgan fingerprint density at radius 2 is 2.11 bits per heavy atom. The van der Waals surface area contributed by atoms with Crippen molar-refractivity contribution in [2.45, 2.75) is 38.6 Å². The van der Waals surface area contributed by atoms with Gasteiger partial charge in [0.2, 0.25) is 0 Å². The Morgan fingerprint density at radius 3 is 2.61 bits per heavy atom. The quantitative estimate of drug-likeness (QED) is 0.909. The van der Waals surface area contributed by atoms with Crippen LogP contribution < -0.4 is 5.32 Å². The molecule has 0 aliphatic heterocycles. The van der Waals surface area contributed by atoms with Gasteiger partial charge >= 0.3 is 0 Å². The number of hydrogen-bond acceptors (Lipinski definition) is 2. The second kappa shape index (κ2) is 4.53. The maximum absolute atomic E-state index is 6.35. The van der Waals surface area contributed by atoms with E-state index >= 15 is 0 Å². The van der Waals surface area contributed by atoms with Crippen molar-refractivity contribution in [2.75, 3.05) is 7.05 Å². The molecule has 3 rings (SSSR count). The van der Waals surface area contributed by atoms with Gasteiger partial charge in [0.1, 0.15) is 0 Å². The topological polar surface area (TPSA) is 29.9 Å². The first kappa shape index (κ1) is 12.5. The van der Waals surface area contributed by atoms with Gasteiger partial charge in [0.15, 0.2) is 0 Å². The summed E-state index contributed by atoms with van der Waals surface area (Å²) in [6.07, 6.45) is 5.31. The van der Waals surface area contributed by atoms with Gasteiger partial charge in [-0.3, -0.25) is 4.68 Å². The summed E-state index contributed by atoms with van der Waals surface area (Å²) in [4.78, 5) is 0. The lowest BCUT2D eigenvalue weighted by Crippen LogP contribution is -2.32. The Bertz CT molecular complexity index is 444. The summed E-state index contributed by atoms with van der Waals surface area (Å²) in [5.74, 6) is 2.83. The molecule has 3 unspecified atom stereocenters. The number of aromatic nitrogens is 2. The van der Waals surface area contributed by atoms with E-state index < -0.39 is 0 Å². The van der Waals surface area contributed by atoms with Crippen LogP contribution in [0.4, 0.5) is 0 Å². The van der Waals surface area contributed by atoms with Gasteiger partial charge in [-0.1, -0.05) is 18.0 Å². The molecule has 18 heavy (non-hydrogen) atoms. The standard InChI is InChI=1S/C14H22ClN3/c1-8-14(15)12(18(3)17-8)7-11(16-2)13-9-5-4-6-10(9)13/h9-11,13,16H,4-7H2,1-3H3. The highest BCUT2D eigenvalue weighted by Gasteiger charge is 2.55. The van der Waals surface area contributed by atoms with Crippen molar-refractivity contribution >= 4 is 11.6 Å². The molecule has 2 fully saturated rings.